The number of hydrogen-bond acceptors (Lipinski definition) is 12. The third-order valence-corrected chi connectivity index (χ3v) is 9.51. The molecule has 0 saturated carbocycles. The van der Waals surface area contributed by atoms with Crippen LogP contribution >= 0.6 is 0 Å². The van der Waals surface area contributed by atoms with Crippen molar-refractivity contribution >= 4 is 41.4 Å². The normalized spacial score (nSPS) is 11.0. The number of ether oxygens (including phenoxy) is 5. The molecule has 19 nitrogen and oxygen atoms in total. The van der Waals surface area contributed by atoms with E-state index in [2.05, 4.69) is 44.1 Å². The number of nitrogens with one attached hydrogen (secondary N) is 7. The lowest BCUT2D eigenvalue weighted by Gasteiger charge is -2.21. The van der Waals surface area contributed by atoms with Gasteiger partial charge in [-0.25, -0.2) is 0 Å². The van der Waals surface area contributed by atoms with Gasteiger partial charge in [0.15, 0.2) is 0 Å². The highest BCUT2D eigenvalue weighted by Gasteiger charge is 2.21. The Balaban J connectivity index is 3.30. The lowest BCUT2D eigenvalue weighted by atomic mass is 10.1. The monoisotopic (exact) mass is 936 g/mol. The van der Waals surface area contributed by atoms with Gasteiger partial charge in [0.05, 0.1) is 71.5 Å². The Morgan fingerprint density at radius 2 is 0.758 bits per heavy atom. The standard InChI is InChI=1S/C47H81N7O12/c1-6-11-12-13-14-41(55)52-23-28-66-40-30-36(46(60)53-38(32-62-24-15-42(56)48-19-7-2)33-63-25-16-43(57)49-20-8-3)29-37(31-40)47(61)54-39(34-64-26-17-44(58)50-21-9-4)35-65-27-18-45(59)51-22-10-5/h29-31,38-39H,6-28,32-35H2,1-5H3,(H,48,56)(H,49,57)(H,50,58)(H,51,59)(H,52,55)(H,53,60)(H,54,61). The maximum absolute atomic E-state index is 14.0. The van der Waals surface area contributed by atoms with E-state index in [1.807, 2.05) is 27.7 Å². The summed E-state index contributed by atoms with van der Waals surface area (Å²) in [5, 5.41) is 19.8. The van der Waals surface area contributed by atoms with Crippen LogP contribution in [-0.4, -0.2) is 146 Å². The molecule has 0 atom stereocenters. The lowest BCUT2D eigenvalue weighted by molar-refractivity contribution is -0.123. The van der Waals surface area contributed by atoms with Crippen molar-refractivity contribution in [3.63, 3.8) is 0 Å². The largest absolute Gasteiger partial charge is 0.492 e. The first-order valence-corrected chi connectivity index (χ1v) is 24.0. The maximum atomic E-state index is 14.0. The van der Waals surface area contributed by atoms with Gasteiger partial charge in [-0.2, -0.15) is 0 Å². The Morgan fingerprint density at radius 3 is 1.11 bits per heavy atom. The van der Waals surface area contributed by atoms with Crippen molar-refractivity contribution in [1.29, 1.82) is 0 Å². The van der Waals surface area contributed by atoms with Gasteiger partial charge in [-0.05, 0) is 50.3 Å². The fourth-order valence-electron chi connectivity index (χ4n) is 5.88. The predicted molar refractivity (Wildman–Crippen MR) is 251 cm³/mol. The Bertz CT molecular complexity index is 1400. The molecule has 1 aromatic carbocycles. The summed E-state index contributed by atoms with van der Waals surface area (Å²) >= 11 is 0. The van der Waals surface area contributed by atoms with Crippen LogP contribution in [0, 0.1) is 0 Å². The summed E-state index contributed by atoms with van der Waals surface area (Å²) in [5.74, 6) is -1.72. The van der Waals surface area contributed by atoms with E-state index in [1.165, 1.54) is 18.2 Å². The van der Waals surface area contributed by atoms with Gasteiger partial charge in [-0.15, -0.1) is 0 Å². The van der Waals surface area contributed by atoms with E-state index >= 15 is 0 Å². The van der Waals surface area contributed by atoms with Crippen molar-refractivity contribution in [1.82, 2.24) is 37.2 Å². The zero-order chi connectivity index (χ0) is 48.6. The minimum Gasteiger partial charge on any atom is -0.492 e. The van der Waals surface area contributed by atoms with E-state index in [0.717, 1.165) is 51.4 Å². The second-order valence-electron chi connectivity index (χ2n) is 15.8. The quantitative estimate of drug-likeness (QED) is 0.0469. The highest BCUT2D eigenvalue weighted by molar-refractivity contribution is 6.00. The number of carbonyl (C=O) groups is 7. The predicted octanol–water partition coefficient (Wildman–Crippen LogP) is 3.08. The number of unbranched alkanes of at least 4 members (excludes halogenated alkanes) is 3. The molecule has 0 aromatic heterocycles. The number of benzene rings is 1. The molecule has 1 aromatic rings. The average Bonchev–Trinajstić information content (AvgIpc) is 3.31. The molecule has 0 radical (unpaired) electrons. The first kappa shape index (κ1) is 59.2. The molecule has 0 aliphatic heterocycles. The van der Waals surface area contributed by atoms with Crippen LogP contribution in [0.15, 0.2) is 18.2 Å². The van der Waals surface area contributed by atoms with Gasteiger partial charge in [0.2, 0.25) is 29.5 Å². The maximum Gasteiger partial charge on any atom is 0.251 e. The van der Waals surface area contributed by atoms with Crippen molar-refractivity contribution in [2.24, 2.45) is 0 Å². The topological polar surface area (TPSA) is 250 Å². The number of carbonyl (C=O) groups excluding carboxylic acids is 7. The van der Waals surface area contributed by atoms with Crippen molar-refractivity contribution in [3.8, 4) is 5.75 Å². The summed E-state index contributed by atoms with van der Waals surface area (Å²) in [6.07, 6.45) is 7.95. The second kappa shape index (κ2) is 39.3. The SMILES string of the molecule is CCCCCCC(=O)NCCOc1cc(C(=O)NC(COCCC(=O)NCCC)COCCC(=O)NCCC)cc(C(=O)NC(COCCC(=O)NCCC)COCCC(=O)NCCC)c1. The molecule has 0 bridgehead atoms. The van der Waals surface area contributed by atoms with Crippen LogP contribution in [0.3, 0.4) is 0 Å². The Labute approximate surface area is 392 Å². The summed E-state index contributed by atoms with van der Waals surface area (Å²) in [6.45, 7) is 12.7. The molecule has 0 unspecified atom stereocenters. The highest BCUT2D eigenvalue weighted by Crippen LogP contribution is 2.19. The van der Waals surface area contributed by atoms with Crippen LogP contribution in [0.4, 0.5) is 0 Å². The summed E-state index contributed by atoms with van der Waals surface area (Å²) in [4.78, 5) is 88.9. The molecule has 0 aliphatic rings. The Hall–Kier alpha value is -4.85. The molecule has 19 heteroatoms. The molecule has 0 aliphatic carbocycles. The van der Waals surface area contributed by atoms with Crippen LogP contribution in [0.2, 0.25) is 0 Å². The molecule has 0 saturated heterocycles. The molecule has 7 amide bonds. The van der Waals surface area contributed by atoms with Crippen LogP contribution < -0.4 is 42.0 Å². The van der Waals surface area contributed by atoms with Crippen LogP contribution in [0.25, 0.3) is 0 Å². The molecule has 0 spiro atoms. The lowest BCUT2D eigenvalue weighted by Crippen LogP contribution is -2.43. The van der Waals surface area contributed by atoms with Gasteiger partial charge in [0, 0.05) is 69.4 Å². The van der Waals surface area contributed by atoms with Crippen LogP contribution in [-0.2, 0) is 42.9 Å². The van der Waals surface area contributed by atoms with Gasteiger partial charge in [0.25, 0.3) is 11.8 Å². The second-order valence-corrected chi connectivity index (χ2v) is 15.8. The third kappa shape index (κ3) is 31.1. The van der Waals surface area contributed by atoms with Gasteiger partial charge < -0.3 is 60.9 Å². The molecular weight excluding hydrogens is 855 g/mol. The zero-order valence-electron chi connectivity index (χ0n) is 40.4. The zero-order valence-corrected chi connectivity index (χ0v) is 40.4. The molecule has 1 rings (SSSR count). The molecule has 376 valence electrons. The Morgan fingerprint density at radius 1 is 0.409 bits per heavy atom. The molecule has 7 N–H and O–H groups in total. The molecular formula is C47H81N7O12. The number of rotatable bonds is 41. The molecule has 0 fully saturated rings. The average molecular weight is 936 g/mol. The van der Waals surface area contributed by atoms with Crippen molar-refractivity contribution in [3.05, 3.63) is 29.3 Å². The first-order chi connectivity index (χ1) is 31.9. The fraction of sp³-hybridized carbons (Fsp3) is 0.723. The van der Waals surface area contributed by atoms with Gasteiger partial charge in [-0.3, -0.25) is 33.6 Å². The van der Waals surface area contributed by atoms with E-state index in [1.54, 1.807) is 0 Å². The van der Waals surface area contributed by atoms with E-state index in [4.69, 9.17) is 23.7 Å². The van der Waals surface area contributed by atoms with Crippen molar-refractivity contribution in [2.75, 3.05) is 92.2 Å². The van der Waals surface area contributed by atoms with Gasteiger partial charge >= 0.3 is 0 Å². The van der Waals surface area contributed by atoms with Crippen LogP contribution in [0.5, 0.6) is 5.75 Å². The molecule has 66 heavy (non-hydrogen) atoms. The smallest absolute Gasteiger partial charge is 0.251 e. The summed E-state index contributed by atoms with van der Waals surface area (Å²) in [5.41, 5.74) is 0.140. The van der Waals surface area contributed by atoms with Crippen LogP contribution in [0.1, 0.15) is 139 Å². The number of hydrogen-bond donors (Lipinski definition) is 7. The highest BCUT2D eigenvalue weighted by atomic mass is 16.5. The van der Waals surface area contributed by atoms with Gasteiger partial charge in [-0.1, -0.05) is 53.9 Å². The van der Waals surface area contributed by atoms with E-state index < -0.39 is 23.9 Å². The van der Waals surface area contributed by atoms with Gasteiger partial charge in [0.1, 0.15) is 12.4 Å². The van der Waals surface area contributed by atoms with Crippen molar-refractivity contribution < 1.29 is 57.2 Å². The summed E-state index contributed by atoms with van der Waals surface area (Å²) < 4.78 is 29.1. The van der Waals surface area contributed by atoms with E-state index in [0.29, 0.717) is 32.6 Å². The fourth-order valence-corrected chi connectivity index (χ4v) is 5.88. The van der Waals surface area contributed by atoms with E-state index in [9.17, 15) is 33.6 Å². The summed E-state index contributed by atoms with van der Waals surface area (Å²) in [7, 11) is 0. The minimum absolute atomic E-state index is 0.0152. The minimum atomic E-state index is -0.712. The summed E-state index contributed by atoms with van der Waals surface area (Å²) in [6, 6.07) is 2.93. The van der Waals surface area contributed by atoms with Crippen molar-refractivity contribution in [2.45, 2.75) is 130 Å². The Kier molecular flexibility index (Phi) is 35.3. The first-order valence-electron chi connectivity index (χ1n) is 24.0. The molecule has 0 heterocycles. The number of amides is 7. The third-order valence-electron chi connectivity index (χ3n) is 9.51. The van der Waals surface area contributed by atoms with E-state index in [-0.39, 0.29) is 138 Å².